The van der Waals surface area contributed by atoms with Gasteiger partial charge in [-0.05, 0) is 36.8 Å². The molecule has 0 fully saturated rings. The molecule has 1 aliphatic rings. The van der Waals surface area contributed by atoms with Crippen LogP contribution in [0.2, 0.25) is 0 Å². The predicted molar refractivity (Wildman–Crippen MR) is 93.3 cm³/mol. The highest BCUT2D eigenvalue weighted by atomic mass is 16.5. The van der Waals surface area contributed by atoms with Crippen LogP contribution < -0.4 is 14.2 Å². The molecule has 0 radical (unpaired) electrons. The fourth-order valence-corrected chi connectivity index (χ4v) is 3.19. The first-order valence-corrected chi connectivity index (χ1v) is 8.30. The van der Waals surface area contributed by atoms with Crippen LogP contribution in [-0.2, 0) is 9.59 Å². The molecule has 1 N–H and O–H groups in total. The van der Waals surface area contributed by atoms with Crippen LogP contribution >= 0.6 is 0 Å². The van der Waals surface area contributed by atoms with Crippen LogP contribution in [0.25, 0.3) is 0 Å². The summed E-state index contributed by atoms with van der Waals surface area (Å²) in [6, 6.07) is 11.9. The number of carbonyl (C=O) groups excluding carboxylic acids is 2. The Morgan fingerprint density at radius 2 is 1.54 bits per heavy atom. The zero-order valence-electron chi connectivity index (χ0n) is 14.8. The van der Waals surface area contributed by atoms with Gasteiger partial charge in [0.1, 0.15) is 23.4 Å². The van der Waals surface area contributed by atoms with Crippen molar-refractivity contribution in [1.29, 1.82) is 0 Å². The lowest BCUT2D eigenvalue weighted by atomic mass is 9.83. The number of hydrogen-bond donors (Lipinski definition) is 1. The zero-order chi connectivity index (χ0) is 18.8. The van der Waals surface area contributed by atoms with Gasteiger partial charge >= 0.3 is 11.9 Å². The molecule has 6 heteroatoms. The first-order valence-electron chi connectivity index (χ1n) is 8.30. The number of ether oxygens (including phenoxy) is 3. The van der Waals surface area contributed by atoms with Gasteiger partial charge < -0.3 is 19.3 Å². The van der Waals surface area contributed by atoms with E-state index in [1.54, 1.807) is 30.3 Å². The minimum absolute atomic E-state index is 0.284. The number of carbonyl (C=O) groups is 2. The van der Waals surface area contributed by atoms with Gasteiger partial charge in [0.25, 0.3) is 0 Å². The molecule has 26 heavy (non-hydrogen) atoms. The maximum Gasteiger partial charge on any atom is 0.308 e. The van der Waals surface area contributed by atoms with E-state index in [2.05, 4.69) is 0 Å². The van der Waals surface area contributed by atoms with Crippen molar-refractivity contribution in [2.24, 2.45) is 0 Å². The normalized spacial score (nSPS) is 21.3. The molecule has 3 rings (SSSR count). The van der Waals surface area contributed by atoms with Gasteiger partial charge in [0.15, 0.2) is 0 Å². The molecule has 0 saturated carbocycles. The summed E-state index contributed by atoms with van der Waals surface area (Å²) in [7, 11) is 0. The molecule has 1 heterocycles. The van der Waals surface area contributed by atoms with Crippen LogP contribution in [0.15, 0.2) is 42.5 Å². The molecule has 136 valence electrons. The Balaban J connectivity index is 1.87. The van der Waals surface area contributed by atoms with Crippen molar-refractivity contribution in [3.8, 4) is 17.2 Å². The topological polar surface area (TPSA) is 82.1 Å². The second-order valence-electron chi connectivity index (χ2n) is 6.25. The standard InChI is InChI=1S/C20H20O6/c1-11-19(14-4-6-15(7-5-14)25-12(2)21)20(23)17-9-8-16(26-13(3)22)10-18(17)24-11/h4-11,19-20,23H,1-3H3. The molecule has 0 aromatic heterocycles. The summed E-state index contributed by atoms with van der Waals surface area (Å²) in [6.07, 6.45) is -1.08. The Labute approximate surface area is 151 Å². The smallest absolute Gasteiger partial charge is 0.308 e. The molecule has 6 nitrogen and oxygen atoms in total. The average molecular weight is 356 g/mol. The van der Waals surface area contributed by atoms with Gasteiger partial charge in [-0.15, -0.1) is 0 Å². The first-order chi connectivity index (χ1) is 12.3. The fourth-order valence-electron chi connectivity index (χ4n) is 3.19. The van der Waals surface area contributed by atoms with Gasteiger partial charge in [0.2, 0.25) is 0 Å². The summed E-state index contributed by atoms with van der Waals surface area (Å²) in [5, 5.41) is 10.9. The Bertz CT molecular complexity index is 827. The maximum absolute atomic E-state index is 11.1. The van der Waals surface area contributed by atoms with Crippen molar-refractivity contribution in [3.63, 3.8) is 0 Å². The molecule has 0 bridgehead atoms. The van der Waals surface area contributed by atoms with Crippen LogP contribution in [0.5, 0.6) is 17.2 Å². The van der Waals surface area contributed by atoms with Crippen LogP contribution in [0, 0.1) is 0 Å². The molecule has 3 unspecified atom stereocenters. The number of benzene rings is 2. The van der Waals surface area contributed by atoms with Gasteiger partial charge in [-0.2, -0.15) is 0 Å². The third kappa shape index (κ3) is 3.70. The SMILES string of the molecule is CC(=O)Oc1ccc(C2C(C)Oc3cc(OC(C)=O)ccc3C2O)cc1. The van der Waals surface area contributed by atoms with Gasteiger partial charge in [0, 0.05) is 25.5 Å². The number of aliphatic hydroxyl groups excluding tert-OH is 1. The first kappa shape index (κ1) is 17.9. The number of rotatable bonds is 3. The van der Waals surface area contributed by atoms with Crippen LogP contribution in [0.4, 0.5) is 0 Å². The van der Waals surface area contributed by atoms with Crippen molar-refractivity contribution in [2.75, 3.05) is 0 Å². The summed E-state index contributed by atoms with van der Waals surface area (Å²) in [5.74, 6) is 0.237. The molecule has 0 amide bonds. The summed E-state index contributed by atoms with van der Waals surface area (Å²) in [4.78, 5) is 22.1. The third-order valence-corrected chi connectivity index (χ3v) is 4.25. The Hall–Kier alpha value is -2.86. The average Bonchev–Trinajstić information content (AvgIpc) is 2.55. The largest absolute Gasteiger partial charge is 0.489 e. The summed E-state index contributed by atoms with van der Waals surface area (Å²) in [5.41, 5.74) is 1.50. The van der Waals surface area contributed by atoms with Crippen molar-refractivity contribution >= 4 is 11.9 Å². The zero-order valence-corrected chi connectivity index (χ0v) is 14.8. The van der Waals surface area contributed by atoms with Gasteiger partial charge in [0.05, 0.1) is 12.0 Å². The van der Waals surface area contributed by atoms with E-state index < -0.39 is 12.1 Å². The van der Waals surface area contributed by atoms with E-state index in [-0.39, 0.29) is 18.0 Å². The van der Waals surface area contributed by atoms with E-state index in [4.69, 9.17) is 14.2 Å². The van der Waals surface area contributed by atoms with Crippen molar-refractivity contribution < 1.29 is 28.9 Å². The lowest BCUT2D eigenvalue weighted by Gasteiger charge is -2.36. The second-order valence-corrected chi connectivity index (χ2v) is 6.25. The quantitative estimate of drug-likeness (QED) is 0.672. The van der Waals surface area contributed by atoms with Crippen LogP contribution in [0.3, 0.4) is 0 Å². The molecule has 1 aliphatic heterocycles. The predicted octanol–water partition coefficient (Wildman–Crippen LogP) is 3.14. The molecule has 3 atom stereocenters. The molecule has 0 spiro atoms. The third-order valence-electron chi connectivity index (χ3n) is 4.25. The minimum atomic E-state index is -0.778. The molecular weight excluding hydrogens is 336 g/mol. The highest BCUT2D eigenvalue weighted by Crippen LogP contribution is 2.45. The van der Waals surface area contributed by atoms with E-state index in [1.807, 2.05) is 19.1 Å². The van der Waals surface area contributed by atoms with Crippen molar-refractivity contribution in [1.82, 2.24) is 0 Å². The lowest BCUT2D eigenvalue weighted by Crippen LogP contribution is -2.32. The second kappa shape index (κ2) is 7.17. The number of hydrogen-bond acceptors (Lipinski definition) is 6. The van der Waals surface area contributed by atoms with Gasteiger partial charge in [-0.1, -0.05) is 12.1 Å². The number of aliphatic hydroxyl groups is 1. The van der Waals surface area contributed by atoms with E-state index in [1.165, 1.54) is 13.8 Å². The molecular formula is C20H20O6. The minimum Gasteiger partial charge on any atom is -0.489 e. The molecule has 0 aliphatic carbocycles. The summed E-state index contributed by atoms with van der Waals surface area (Å²) in [6.45, 7) is 4.54. The Morgan fingerprint density at radius 1 is 0.962 bits per heavy atom. The van der Waals surface area contributed by atoms with Gasteiger partial charge in [-0.3, -0.25) is 9.59 Å². The van der Waals surface area contributed by atoms with E-state index in [0.29, 0.717) is 22.8 Å². The molecule has 0 saturated heterocycles. The van der Waals surface area contributed by atoms with E-state index >= 15 is 0 Å². The van der Waals surface area contributed by atoms with E-state index in [0.717, 1.165) is 5.56 Å². The van der Waals surface area contributed by atoms with Crippen molar-refractivity contribution in [2.45, 2.75) is 38.9 Å². The molecule has 2 aromatic carbocycles. The fraction of sp³-hybridized carbons (Fsp3) is 0.300. The monoisotopic (exact) mass is 356 g/mol. The van der Waals surface area contributed by atoms with Crippen LogP contribution in [0.1, 0.15) is 43.9 Å². The van der Waals surface area contributed by atoms with Gasteiger partial charge in [-0.25, -0.2) is 0 Å². The van der Waals surface area contributed by atoms with E-state index in [9.17, 15) is 14.7 Å². The molecule has 2 aromatic rings. The highest BCUT2D eigenvalue weighted by Gasteiger charge is 2.36. The summed E-state index contributed by atoms with van der Waals surface area (Å²) >= 11 is 0. The number of fused-ring (bicyclic) bond motifs is 1. The van der Waals surface area contributed by atoms with Crippen LogP contribution in [-0.4, -0.2) is 23.1 Å². The maximum atomic E-state index is 11.1. The Morgan fingerprint density at radius 3 is 2.15 bits per heavy atom. The lowest BCUT2D eigenvalue weighted by molar-refractivity contribution is -0.132. The number of esters is 2. The highest BCUT2D eigenvalue weighted by molar-refractivity contribution is 5.70. The Kier molecular flexibility index (Phi) is 4.95. The van der Waals surface area contributed by atoms with Crippen molar-refractivity contribution in [3.05, 3.63) is 53.6 Å². The summed E-state index contributed by atoms with van der Waals surface area (Å²) < 4.78 is 16.1.